The van der Waals surface area contributed by atoms with E-state index in [-0.39, 0.29) is 0 Å². The molecule has 1 atom stereocenters. The average Bonchev–Trinajstić information content (AvgIpc) is 2.35. The third-order valence-electron chi connectivity index (χ3n) is 2.12. The van der Waals surface area contributed by atoms with Gasteiger partial charge in [-0.15, -0.1) is 0 Å². The molecule has 0 aromatic carbocycles. The molecular formula is C7H15N3O. The van der Waals surface area contributed by atoms with Gasteiger partial charge in [-0.1, -0.05) is 5.16 Å². The highest BCUT2D eigenvalue weighted by atomic mass is 16.4. The quantitative estimate of drug-likeness (QED) is 0.258. The molecule has 1 saturated heterocycles. The Morgan fingerprint density at radius 2 is 2.55 bits per heavy atom. The summed E-state index contributed by atoms with van der Waals surface area (Å²) in [7, 11) is 2.09. The van der Waals surface area contributed by atoms with E-state index in [2.05, 4.69) is 17.1 Å². The molecule has 0 bridgehead atoms. The lowest BCUT2D eigenvalue weighted by Crippen LogP contribution is -2.19. The zero-order valence-electron chi connectivity index (χ0n) is 6.82. The second-order valence-electron chi connectivity index (χ2n) is 3.21. The Hall–Kier alpha value is -0.770. The number of likely N-dealkylation sites (tertiary alicyclic amines) is 1. The molecule has 1 heterocycles. The molecule has 4 heteroatoms. The van der Waals surface area contributed by atoms with Gasteiger partial charge in [-0.05, 0) is 25.9 Å². The lowest BCUT2D eigenvalue weighted by atomic mass is 10.0. The number of hydrogen-bond acceptors (Lipinski definition) is 3. The summed E-state index contributed by atoms with van der Waals surface area (Å²) in [5.74, 6) is 0.932. The molecule has 0 aromatic heterocycles. The molecule has 0 amide bonds. The van der Waals surface area contributed by atoms with Crippen LogP contribution in [0.5, 0.6) is 0 Å². The maximum Gasteiger partial charge on any atom is 0.139 e. The number of rotatable bonds is 2. The second-order valence-corrected chi connectivity index (χ2v) is 3.21. The Morgan fingerprint density at radius 3 is 3.00 bits per heavy atom. The van der Waals surface area contributed by atoms with Crippen LogP contribution in [0.25, 0.3) is 0 Å². The number of oxime groups is 1. The van der Waals surface area contributed by atoms with E-state index in [9.17, 15) is 0 Å². The Bertz CT molecular complexity index is 158. The van der Waals surface area contributed by atoms with Gasteiger partial charge in [0, 0.05) is 13.0 Å². The Kier molecular flexibility index (Phi) is 2.70. The molecule has 0 radical (unpaired) electrons. The van der Waals surface area contributed by atoms with Crippen molar-refractivity contribution < 1.29 is 5.21 Å². The molecular weight excluding hydrogens is 142 g/mol. The minimum Gasteiger partial charge on any atom is -0.409 e. The van der Waals surface area contributed by atoms with Gasteiger partial charge in [0.1, 0.15) is 5.84 Å². The first-order chi connectivity index (χ1) is 5.22. The van der Waals surface area contributed by atoms with E-state index in [1.165, 1.54) is 0 Å². The van der Waals surface area contributed by atoms with Gasteiger partial charge in [0.05, 0.1) is 0 Å². The van der Waals surface area contributed by atoms with E-state index < -0.39 is 0 Å². The highest BCUT2D eigenvalue weighted by molar-refractivity contribution is 5.79. The standard InChI is InChI=1S/C7H15N3O/c1-10-3-2-6(5-10)4-7(8)9-11/h6,11H,2-5H2,1H3,(H2,8,9). The molecule has 11 heavy (non-hydrogen) atoms. The first-order valence-corrected chi connectivity index (χ1v) is 3.87. The van der Waals surface area contributed by atoms with Gasteiger partial charge in [-0.2, -0.15) is 0 Å². The fraction of sp³-hybridized carbons (Fsp3) is 0.857. The van der Waals surface area contributed by atoms with Gasteiger partial charge < -0.3 is 15.8 Å². The van der Waals surface area contributed by atoms with Crippen LogP contribution in [0.4, 0.5) is 0 Å². The van der Waals surface area contributed by atoms with E-state index in [4.69, 9.17) is 10.9 Å². The van der Waals surface area contributed by atoms with Gasteiger partial charge >= 0.3 is 0 Å². The molecule has 1 fully saturated rings. The molecule has 3 N–H and O–H groups in total. The van der Waals surface area contributed by atoms with Gasteiger partial charge in [-0.3, -0.25) is 0 Å². The van der Waals surface area contributed by atoms with Crippen molar-refractivity contribution in [2.75, 3.05) is 20.1 Å². The number of hydrogen-bond donors (Lipinski definition) is 2. The molecule has 1 unspecified atom stereocenters. The van der Waals surface area contributed by atoms with Crippen LogP contribution in [0.15, 0.2) is 5.16 Å². The Balaban J connectivity index is 2.28. The highest BCUT2D eigenvalue weighted by Crippen LogP contribution is 2.17. The van der Waals surface area contributed by atoms with Crippen LogP contribution < -0.4 is 5.73 Å². The molecule has 1 aliphatic heterocycles. The summed E-state index contributed by atoms with van der Waals surface area (Å²) >= 11 is 0. The first kappa shape index (κ1) is 8.33. The normalized spacial score (nSPS) is 27.7. The van der Waals surface area contributed by atoms with Crippen molar-refractivity contribution in [1.29, 1.82) is 0 Å². The van der Waals surface area contributed by atoms with Gasteiger partial charge in [0.25, 0.3) is 0 Å². The SMILES string of the molecule is CN1CCC(C/C(N)=N/O)C1. The fourth-order valence-electron chi connectivity index (χ4n) is 1.53. The monoisotopic (exact) mass is 157 g/mol. The highest BCUT2D eigenvalue weighted by Gasteiger charge is 2.20. The molecule has 64 valence electrons. The van der Waals surface area contributed by atoms with Crippen LogP contribution in [0.1, 0.15) is 12.8 Å². The van der Waals surface area contributed by atoms with E-state index >= 15 is 0 Å². The zero-order chi connectivity index (χ0) is 8.27. The van der Waals surface area contributed by atoms with Crippen molar-refractivity contribution in [3.63, 3.8) is 0 Å². The van der Waals surface area contributed by atoms with Crippen LogP contribution in [0.2, 0.25) is 0 Å². The maximum atomic E-state index is 8.31. The first-order valence-electron chi connectivity index (χ1n) is 3.87. The van der Waals surface area contributed by atoms with E-state index in [0.29, 0.717) is 11.8 Å². The van der Waals surface area contributed by atoms with Crippen LogP contribution >= 0.6 is 0 Å². The smallest absolute Gasteiger partial charge is 0.139 e. The molecule has 0 spiro atoms. The fourth-order valence-corrected chi connectivity index (χ4v) is 1.53. The molecule has 4 nitrogen and oxygen atoms in total. The van der Waals surface area contributed by atoms with E-state index in [1.807, 2.05) is 0 Å². The zero-order valence-corrected chi connectivity index (χ0v) is 6.82. The second kappa shape index (κ2) is 3.57. The summed E-state index contributed by atoms with van der Waals surface area (Å²) < 4.78 is 0. The van der Waals surface area contributed by atoms with Gasteiger partial charge in [-0.25, -0.2) is 0 Å². The molecule has 1 rings (SSSR count). The third kappa shape index (κ3) is 2.38. The number of nitrogens with zero attached hydrogens (tertiary/aromatic N) is 2. The summed E-state index contributed by atoms with van der Waals surface area (Å²) in [5.41, 5.74) is 5.38. The van der Waals surface area contributed by atoms with Crippen molar-refractivity contribution in [2.45, 2.75) is 12.8 Å². The van der Waals surface area contributed by atoms with Gasteiger partial charge in [0.2, 0.25) is 0 Å². The van der Waals surface area contributed by atoms with Crippen molar-refractivity contribution in [1.82, 2.24) is 4.90 Å². The summed E-state index contributed by atoms with van der Waals surface area (Å²) in [6.45, 7) is 2.19. The summed E-state index contributed by atoms with van der Waals surface area (Å²) in [5, 5.41) is 11.3. The summed E-state index contributed by atoms with van der Waals surface area (Å²) in [4.78, 5) is 2.26. The van der Waals surface area contributed by atoms with Crippen molar-refractivity contribution in [2.24, 2.45) is 16.8 Å². The van der Waals surface area contributed by atoms with Crippen LogP contribution in [-0.4, -0.2) is 36.1 Å². The van der Waals surface area contributed by atoms with Crippen LogP contribution in [0.3, 0.4) is 0 Å². The number of nitrogens with two attached hydrogens (primary N) is 1. The van der Waals surface area contributed by atoms with E-state index in [1.54, 1.807) is 0 Å². The Morgan fingerprint density at radius 1 is 1.82 bits per heavy atom. The number of amidine groups is 1. The van der Waals surface area contributed by atoms with Crippen molar-refractivity contribution in [3.05, 3.63) is 0 Å². The minimum absolute atomic E-state index is 0.352. The third-order valence-corrected chi connectivity index (χ3v) is 2.12. The summed E-state index contributed by atoms with van der Waals surface area (Å²) in [6.07, 6.45) is 1.88. The molecule has 0 aromatic rings. The topological polar surface area (TPSA) is 61.8 Å². The lowest BCUT2D eigenvalue weighted by Gasteiger charge is -2.08. The van der Waals surface area contributed by atoms with Crippen LogP contribution in [0, 0.1) is 5.92 Å². The summed E-state index contributed by atoms with van der Waals surface area (Å²) in [6, 6.07) is 0. The van der Waals surface area contributed by atoms with Crippen LogP contribution in [-0.2, 0) is 0 Å². The van der Waals surface area contributed by atoms with Crippen molar-refractivity contribution in [3.8, 4) is 0 Å². The Labute approximate surface area is 66.7 Å². The largest absolute Gasteiger partial charge is 0.409 e. The molecule has 0 saturated carbocycles. The average molecular weight is 157 g/mol. The van der Waals surface area contributed by atoms with E-state index in [0.717, 1.165) is 25.9 Å². The molecule has 1 aliphatic rings. The van der Waals surface area contributed by atoms with Crippen molar-refractivity contribution >= 4 is 5.84 Å². The lowest BCUT2D eigenvalue weighted by molar-refractivity contribution is 0.315. The minimum atomic E-state index is 0.352. The molecule has 0 aliphatic carbocycles. The maximum absolute atomic E-state index is 8.31. The predicted molar refractivity (Wildman–Crippen MR) is 43.6 cm³/mol. The van der Waals surface area contributed by atoms with Gasteiger partial charge in [0.15, 0.2) is 0 Å². The predicted octanol–water partition coefficient (Wildman–Crippen LogP) is 0.0746.